The molecule has 142 valence electrons. The summed E-state index contributed by atoms with van der Waals surface area (Å²) in [5, 5.41) is 15.5. The average molecular weight is 465 g/mol. The Balaban J connectivity index is 1.59. The number of pyridine rings is 1. The number of ether oxygens (including phenoxy) is 1. The Morgan fingerprint density at radius 3 is 2.75 bits per heavy atom. The van der Waals surface area contributed by atoms with Gasteiger partial charge in [-0.15, -0.1) is 5.10 Å². The summed E-state index contributed by atoms with van der Waals surface area (Å²) in [6.07, 6.45) is 1.34. The molecule has 0 fully saturated rings. The van der Waals surface area contributed by atoms with Crippen molar-refractivity contribution in [3.63, 3.8) is 0 Å². The molecule has 0 N–H and O–H groups in total. The van der Waals surface area contributed by atoms with Crippen molar-refractivity contribution in [3.05, 3.63) is 79.5 Å². The molecular weight excluding hydrogens is 454 g/mol. The third-order valence-corrected chi connectivity index (χ3v) is 4.97. The van der Waals surface area contributed by atoms with Gasteiger partial charge < -0.3 is 4.74 Å². The van der Waals surface area contributed by atoms with Crippen LogP contribution in [0.2, 0.25) is 5.02 Å². The molecule has 2 atom stereocenters. The first-order valence-electron chi connectivity index (χ1n) is 8.12. The van der Waals surface area contributed by atoms with Crippen molar-refractivity contribution in [2.24, 2.45) is 0 Å². The van der Waals surface area contributed by atoms with E-state index in [2.05, 4.69) is 31.0 Å². The van der Waals surface area contributed by atoms with Gasteiger partial charge in [-0.1, -0.05) is 11.6 Å². The van der Waals surface area contributed by atoms with E-state index in [1.165, 1.54) is 24.3 Å². The van der Waals surface area contributed by atoms with Crippen molar-refractivity contribution in [1.29, 1.82) is 0 Å². The van der Waals surface area contributed by atoms with Crippen molar-refractivity contribution in [3.8, 4) is 0 Å². The number of hydrogen-bond acceptors (Lipinski definition) is 7. The molecule has 1 aliphatic heterocycles. The van der Waals surface area contributed by atoms with Gasteiger partial charge in [0.1, 0.15) is 6.04 Å². The minimum absolute atomic E-state index is 0.106. The molecule has 2 unspecified atom stereocenters. The van der Waals surface area contributed by atoms with Gasteiger partial charge in [0.15, 0.2) is 11.9 Å². The highest BCUT2D eigenvalue weighted by atomic mass is 79.9. The quantitative estimate of drug-likeness (QED) is 0.327. The van der Waals surface area contributed by atoms with Crippen molar-refractivity contribution in [2.75, 3.05) is 0 Å². The van der Waals surface area contributed by atoms with E-state index in [-0.39, 0.29) is 17.3 Å². The summed E-state index contributed by atoms with van der Waals surface area (Å²) in [6, 6.07) is 8.32. The summed E-state index contributed by atoms with van der Waals surface area (Å²) in [4.78, 5) is 31.3. The van der Waals surface area contributed by atoms with Crippen molar-refractivity contribution in [2.45, 2.75) is 18.6 Å². The van der Waals surface area contributed by atoms with Crippen molar-refractivity contribution < 1.29 is 14.5 Å². The smallest absolute Gasteiger partial charge is 0.338 e. The highest BCUT2D eigenvalue weighted by Crippen LogP contribution is 2.41. The molecule has 0 amide bonds. The number of non-ortho nitro benzene ring substituents is 1. The molecule has 3 aromatic rings. The van der Waals surface area contributed by atoms with E-state index in [9.17, 15) is 14.9 Å². The number of nitrogens with zero attached hydrogens (tertiary/aromatic N) is 5. The van der Waals surface area contributed by atoms with Crippen LogP contribution in [0.5, 0.6) is 0 Å². The second kappa shape index (κ2) is 7.28. The number of nitro groups is 1. The zero-order valence-corrected chi connectivity index (χ0v) is 16.4. The number of benzene rings is 1. The molecule has 28 heavy (non-hydrogen) atoms. The lowest BCUT2D eigenvalue weighted by atomic mass is 10.1. The third kappa shape index (κ3) is 3.36. The van der Waals surface area contributed by atoms with Crippen LogP contribution in [0.3, 0.4) is 0 Å². The van der Waals surface area contributed by atoms with Gasteiger partial charge in [0, 0.05) is 24.8 Å². The lowest BCUT2D eigenvalue weighted by Gasteiger charge is -2.13. The third-order valence-electron chi connectivity index (χ3n) is 4.32. The Bertz CT molecular complexity index is 1070. The Morgan fingerprint density at radius 1 is 1.32 bits per heavy atom. The highest BCUT2D eigenvalue weighted by Gasteiger charge is 2.39. The van der Waals surface area contributed by atoms with E-state index in [1.807, 2.05) is 0 Å². The van der Waals surface area contributed by atoms with Gasteiger partial charge in [-0.05, 0) is 40.2 Å². The predicted octanol–water partition coefficient (Wildman–Crippen LogP) is 3.89. The minimum Gasteiger partial charge on any atom is -0.450 e. The first kappa shape index (κ1) is 18.5. The molecule has 1 aliphatic rings. The van der Waals surface area contributed by atoms with Crippen LogP contribution in [-0.4, -0.2) is 30.6 Å². The zero-order chi connectivity index (χ0) is 19.8. The standard InChI is InChI=1S/C17H11BrClN5O4/c18-17-21-15-13(28-16(25)9-3-5-10(6-4-9)24(26)27)8-12(23(15)22-17)14-11(19)2-1-7-20-14/h1-7,12-13H,8H2. The van der Waals surface area contributed by atoms with Gasteiger partial charge in [-0.2, -0.15) is 0 Å². The fourth-order valence-corrected chi connectivity index (χ4v) is 3.65. The number of esters is 1. The van der Waals surface area contributed by atoms with E-state index >= 15 is 0 Å². The van der Waals surface area contributed by atoms with E-state index in [4.69, 9.17) is 16.3 Å². The molecule has 0 spiro atoms. The number of hydrogen-bond donors (Lipinski definition) is 0. The summed E-state index contributed by atoms with van der Waals surface area (Å²) in [7, 11) is 0. The van der Waals surface area contributed by atoms with Gasteiger partial charge in [-0.25, -0.2) is 14.5 Å². The van der Waals surface area contributed by atoms with Crippen LogP contribution in [0.4, 0.5) is 5.69 Å². The normalized spacial score (nSPS) is 17.9. The Kier molecular flexibility index (Phi) is 4.82. The molecular formula is C17H11BrClN5O4. The van der Waals surface area contributed by atoms with Crippen LogP contribution in [0, 0.1) is 10.1 Å². The van der Waals surface area contributed by atoms with Crippen LogP contribution in [0.15, 0.2) is 47.3 Å². The summed E-state index contributed by atoms with van der Waals surface area (Å²) in [5.74, 6) is -0.146. The maximum Gasteiger partial charge on any atom is 0.338 e. The fraction of sp³-hybridized carbons (Fsp3) is 0.176. The Hall–Kier alpha value is -2.85. The molecule has 0 saturated carbocycles. The highest BCUT2D eigenvalue weighted by molar-refractivity contribution is 9.10. The van der Waals surface area contributed by atoms with Crippen LogP contribution >= 0.6 is 27.5 Å². The van der Waals surface area contributed by atoms with Crippen molar-refractivity contribution in [1.82, 2.24) is 19.7 Å². The topological polar surface area (TPSA) is 113 Å². The van der Waals surface area contributed by atoms with Gasteiger partial charge in [0.05, 0.1) is 21.2 Å². The fourth-order valence-electron chi connectivity index (χ4n) is 3.05. The lowest BCUT2D eigenvalue weighted by Crippen LogP contribution is -2.11. The van der Waals surface area contributed by atoms with Gasteiger partial charge in [-0.3, -0.25) is 15.1 Å². The number of rotatable bonds is 4. The van der Waals surface area contributed by atoms with Crippen molar-refractivity contribution >= 4 is 39.2 Å². The first-order chi connectivity index (χ1) is 13.4. The molecule has 11 heteroatoms. The minimum atomic E-state index is -0.662. The SMILES string of the molecule is O=C(OC1CC(c2ncccc2Cl)n2nc(Br)nc21)c1ccc([N+](=O)[O-])cc1. The van der Waals surface area contributed by atoms with Crippen LogP contribution in [0.1, 0.15) is 40.4 Å². The molecule has 1 aromatic carbocycles. The van der Waals surface area contributed by atoms with E-state index in [0.29, 0.717) is 27.7 Å². The summed E-state index contributed by atoms with van der Waals surface area (Å²) in [6.45, 7) is 0. The summed E-state index contributed by atoms with van der Waals surface area (Å²) < 4.78 is 7.59. The largest absolute Gasteiger partial charge is 0.450 e. The summed E-state index contributed by atoms with van der Waals surface area (Å²) >= 11 is 9.50. The number of fused-ring (bicyclic) bond motifs is 1. The Labute approximate surface area is 171 Å². The molecule has 0 radical (unpaired) electrons. The second-order valence-electron chi connectivity index (χ2n) is 6.00. The average Bonchev–Trinajstić information content (AvgIpc) is 3.20. The van der Waals surface area contributed by atoms with Crippen LogP contribution in [0.25, 0.3) is 0 Å². The molecule has 9 nitrogen and oxygen atoms in total. The molecule has 0 aliphatic carbocycles. The number of nitro benzene ring substituents is 1. The first-order valence-corrected chi connectivity index (χ1v) is 9.29. The molecule has 0 bridgehead atoms. The maximum atomic E-state index is 12.5. The zero-order valence-electron chi connectivity index (χ0n) is 14.0. The summed E-state index contributed by atoms with van der Waals surface area (Å²) in [5.41, 5.74) is 0.706. The molecule has 3 heterocycles. The molecule has 2 aromatic heterocycles. The number of carbonyl (C=O) groups excluding carboxylic acids is 1. The van der Waals surface area contributed by atoms with Crippen LogP contribution in [-0.2, 0) is 4.74 Å². The number of halogens is 2. The van der Waals surface area contributed by atoms with Gasteiger partial charge in [0.2, 0.25) is 4.73 Å². The van der Waals surface area contributed by atoms with Gasteiger partial charge >= 0.3 is 5.97 Å². The van der Waals surface area contributed by atoms with Crippen LogP contribution < -0.4 is 0 Å². The predicted molar refractivity (Wildman–Crippen MR) is 101 cm³/mol. The van der Waals surface area contributed by atoms with E-state index < -0.39 is 17.0 Å². The molecule has 0 saturated heterocycles. The van der Waals surface area contributed by atoms with E-state index in [1.54, 1.807) is 23.0 Å². The monoisotopic (exact) mass is 463 g/mol. The Morgan fingerprint density at radius 2 is 2.07 bits per heavy atom. The number of aromatic nitrogens is 4. The van der Waals surface area contributed by atoms with Gasteiger partial charge in [0.25, 0.3) is 5.69 Å². The lowest BCUT2D eigenvalue weighted by molar-refractivity contribution is -0.384. The van der Waals surface area contributed by atoms with E-state index in [0.717, 1.165) is 0 Å². The maximum absolute atomic E-state index is 12.5. The second-order valence-corrected chi connectivity index (χ2v) is 7.12. The molecule has 4 rings (SSSR count). The number of carbonyl (C=O) groups is 1.